The fourth-order valence-corrected chi connectivity index (χ4v) is 4.51. The molecule has 0 atom stereocenters. The van der Waals surface area contributed by atoms with Crippen molar-refractivity contribution >= 4 is 41.1 Å². The molecule has 164 valence electrons. The van der Waals surface area contributed by atoms with E-state index in [0.717, 1.165) is 34.7 Å². The van der Waals surface area contributed by atoms with Gasteiger partial charge in [-0.05, 0) is 61.6 Å². The highest BCUT2D eigenvalue weighted by Crippen LogP contribution is 2.29. The summed E-state index contributed by atoms with van der Waals surface area (Å²) in [6, 6.07) is 6.03. The van der Waals surface area contributed by atoms with Crippen molar-refractivity contribution in [2.24, 2.45) is 0 Å². The summed E-state index contributed by atoms with van der Waals surface area (Å²) in [4.78, 5) is 24.0. The molecule has 0 bridgehead atoms. The van der Waals surface area contributed by atoms with Gasteiger partial charge in [0, 0.05) is 17.7 Å². The van der Waals surface area contributed by atoms with Crippen LogP contribution in [0, 0.1) is 6.92 Å². The molecule has 1 rings (SSSR count). The fourth-order valence-electron chi connectivity index (χ4n) is 3.08. The predicted octanol–water partition coefficient (Wildman–Crippen LogP) is 6.76. The number of carbonyl (C=O) groups excluding carboxylic acids is 1. The Morgan fingerprint density at radius 3 is 2.21 bits per heavy atom. The van der Waals surface area contributed by atoms with E-state index >= 15 is 0 Å². The standard InChI is InChI=1S/C23H37NO3S2/c1-19-14-15-21(29-17-11-13-23(26)27)20(18-19)24-22(25)12-9-7-5-3-4-6-8-10-16-28-2/h14-15,18H,3-13,16-17H2,1-2H3,(H,24,25)(H,26,27). The van der Waals surface area contributed by atoms with Gasteiger partial charge in [-0.1, -0.05) is 44.6 Å². The van der Waals surface area contributed by atoms with Gasteiger partial charge in [-0.2, -0.15) is 11.8 Å². The Labute approximate surface area is 185 Å². The molecule has 6 heteroatoms. The number of thioether (sulfide) groups is 2. The monoisotopic (exact) mass is 439 g/mol. The second-order valence-corrected chi connectivity index (χ2v) is 9.59. The van der Waals surface area contributed by atoms with Crippen LogP contribution >= 0.6 is 23.5 Å². The second-order valence-electron chi connectivity index (χ2n) is 7.46. The van der Waals surface area contributed by atoms with Crippen LogP contribution in [0.5, 0.6) is 0 Å². The van der Waals surface area contributed by atoms with Crippen LogP contribution in [0.15, 0.2) is 23.1 Å². The molecule has 0 aliphatic heterocycles. The molecule has 1 amide bonds. The minimum absolute atomic E-state index is 0.0695. The lowest BCUT2D eigenvalue weighted by Gasteiger charge is -2.12. The number of hydrogen-bond acceptors (Lipinski definition) is 4. The van der Waals surface area contributed by atoms with Gasteiger partial charge in [0.2, 0.25) is 5.91 Å². The summed E-state index contributed by atoms with van der Waals surface area (Å²) < 4.78 is 0. The van der Waals surface area contributed by atoms with Gasteiger partial charge in [0.25, 0.3) is 0 Å². The number of nitrogens with one attached hydrogen (secondary N) is 1. The van der Waals surface area contributed by atoms with Gasteiger partial charge >= 0.3 is 5.97 Å². The minimum Gasteiger partial charge on any atom is -0.481 e. The van der Waals surface area contributed by atoms with E-state index < -0.39 is 5.97 Å². The molecular weight excluding hydrogens is 402 g/mol. The van der Waals surface area contributed by atoms with Crippen molar-refractivity contribution in [1.82, 2.24) is 0 Å². The number of rotatable bonds is 17. The molecule has 0 radical (unpaired) electrons. The molecule has 0 fully saturated rings. The second kappa shape index (κ2) is 16.6. The van der Waals surface area contributed by atoms with Crippen LogP contribution < -0.4 is 5.32 Å². The van der Waals surface area contributed by atoms with Crippen LogP contribution in [0.1, 0.15) is 76.2 Å². The first-order valence-corrected chi connectivity index (χ1v) is 13.1. The SMILES string of the molecule is CSCCCCCCCCCCC(=O)Nc1cc(C)ccc1SCCCC(=O)O. The molecule has 0 saturated heterocycles. The van der Waals surface area contributed by atoms with Crippen LogP contribution in [0.25, 0.3) is 0 Å². The lowest BCUT2D eigenvalue weighted by Crippen LogP contribution is -2.12. The number of carboxylic acids is 1. The first-order chi connectivity index (χ1) is 14.0. The van der Waals surface area contributed by atoms with Crippen molar-refractivity contribution in [3.63, 3.8) is 0 Å². The lowest BCUT2D eigenvalue weighted by atomic mass is 10.1. The van der Waals surface area contributed by atoms with Crippen LogP contribution in [-0.4, -0.2) is 34.7 Å². The molecule has 4 nitrogen and oxygen atoms in total. The zero-order chi connectivity index (χ0) is 21.3. The van der Waals surface area contributed by atoms with Gasteiger partial charge in [-0.3, -0.25) is 9.59 Å². The molecule has 0 aliphatic carbocycles. The number of unbranched alkanes of at least 4 members (excludes halogenated alkanes) is 7. The van der Waals surface area contributed by atoms with Crippen LogP contribution in [-0.2, 0) is 9.59 Å². The maximum Gasteiger partial charge on any atom is 0.303 e. The Hall–Kier alpha value is -1.14. The van der Waals surface area contributed by atoms with Crippen molar-refractivity contribution in [2.75, 3.05) is 23.1 Å². The molecule has 0 saturated carbocycles. The maximum atomic E-state index is 12.3. The number of anilines is 1. The molecule has 2 N–H and O–H groups in total. The summed E-state index contributed by atoms with van der Waals surface area (Å²) in [5.74, 6) is 1.31. The topological polar surface area (TPSA) is 66.4 Å². The molecule has 1 aromatic rings. The molecule has 0 aliphatic rings. The van der Waals surface area contributed by atoms with Gasteiger partial charge < -0.3 is 10.4 Å². The van der Waals surface area contributed by atoms with Crippen LogP contribution in [0.2, 0.25) is 0 Å². The first kappa shape index (κ1) is 25.9. The predicted molar refractivity (Wildman–Crippen MR) is 127 cm³/mol. The summed E-state index contributed by atoms with van der Waals surface area (Å²) in [7, 11) is 0. The lowest BCUT2D eigenvalue weighted by molar-refractivity contribution is -0.137. The Bertz CT molecular complexity index is 608. The first-order valence-electron chi connectivity index (χ1n) is 10.8. The number of aliphatic carboxylic acids is 1. The number of carboxylic acid groups (broad SMARTS) is 1. The van der Waals surface area contributed by atoms with E-state index in [1.54, 1.807) is 11.8 Å². The van der Waals surface area contributed by atoms with Gasteiger partial charge in [0.15, 0.2) is 0 Å². The molecule has 0 heterocycles. The van der Waals surface area contributed by atoms with Crippen LogP contribution in [0.4, 0.5) is 5.69 Å². The molecule has 1 aromatic carbocycles. The Kier molecular flexibility index (Phi) is 14.9. The van der Waals surface area contributed by atoms with E-state index in [1.165, 1.54) is 44.3 Å². The highest BCUT2D eigenvalue weighted by molar-refractivity contribution is 7.99. The number of benzene rings is 1. The van der Waals surface area contributed by atoms with Gasteiger partial charge in [-0.25, -0.2) is 0 Å². The zero-order valence-electron chi connectivity index (χ0n) is 18.0. The molecule has 0 unspecified atom stereocenters. The molecule has 29 heavy (non-hydrogen) atoms. The Morgan fingerprint density at radius 2 is 1.55 bits per heavy atom. The Morgan fingerprint density at radius 1 is 0.897 bits per heavy atom. The smallest absolute Gasteiger partial charge is 0.303 e. The van der Waals surface area contributed by atoms with Crippen molar-refractivity contribution in [3.8, 4) is 0 Å². The normalized spacial score (nSPS) is 10.8. The molecular formula is C23H37NO3S2. The van der Waals surface area contributed by atoms with Crippen LogP contribution in [0.3, 0.4) is 0 Å². The van der Waals surface area contributed by atoms with E-state index in [-0.39, 0.29) is 12.3 Å². The number of aryl methyl sites for hydroxylation is 1. The third-order valence-electron chi connectivity index (χ3n) is 4.70. The summed E-state index contributed by atoms with van der Waals surface area (Å²) in [5, 5.41) is 11.8. The maximum absolute atomic E-state index is 12.3. The van der Waals surface area contributed by atoms with Crippen molar-refractivity contribution in [2.45, 2.75) is 82.4 Å². The third-order valence-corrected chi connectivity index (χ3v) is 6.56. The van der Waals surface area contributed by atoms with Gasteiger partial charge in [0.1, 0.15) is 0 Å². The Balaban J connectivity index is 2.24. The minimum atomic E-state index is -0.765. The summed E-state index contributed by atoms with van der Waals surface area (Å²) in [6.07, 6.45) is 13.4. The summed E-state index contributed by atoms with van der Waals surface area (Å²) in [6.45, 7) is 2.01. The van der Waals surface area contributed by atoms with E-state index in [0.29, 0.717) is 12.8 Å². The number of hydrogen-bond donors (Lipinski definition) is 2. The van der Waals surface area contributed by atoms with E-state index in [4.69, 9.17) is 5.11 Å². The van der Waals surface area contributed by atoms with Crippen molar-refractivity contribution < 1.29 is 14.7 Å². The van der Waals surface area contributed by atoms with E-state index in [1.807, 2.05) is 36.9 Å². The number of carbonyl (C=O) groups is 2. The van der Waals surface area contributed by atoms with Gasteiger partial charge in [-0.15, -0.1) is 11.8 Å². The van der Waals surface area contributed by atoms with Crippen molar-refractivity contribution in [1.29, 1.82) is 0 Å². The van der Waals surface area contributed by atoms with E-state index in [9.17, 15) is 9.59 Å². The van der Waals surface area contributed by atoms with E-state index in [2.05, 4.69) is 11.6 Å². The van der Waals surface area contributed by atoms with Crippen molar-refractivity contribution in [3.05, 3.63) is 23.8 Å². The fraction of sp³-hybridized carbons (Fsp3) is 0.652. The molecule has 0 aromatic heterocycles. The summed E-state index contributed by atoms with van der Waals surface area (Å²) >= 11 is 3.53. The zero-order valence-corrected chi connectivity index (χ0v) is 19.6. The molecule has 0 spiro atoms. The number of amides is 1. The highest BCUT2D eigenvalue weighted by Gasteiger charge is 2.08. The highest BCUT2D eigenvalue weighted by atomic mass is 32.2. The average Bonchev–Trinajstić information content (AvgIpc) is 2.68. The van der Waals surface area contributed by atoms with Gasteiger partial charge in [0.05, 0.1) is 5.69 Å². The summed E-state index contributed by atoms with van der Waals surface area (Å²) in [5.41, 5.74) is 1.95. The quantitative estimate of drug-likeness (QED) is 0.207. The third kappa shape index (κ3) is 13.7. The average molecular weight is 440 g/mol. The largest absolute Gasteiger partial charge is 0.481 e.